The molecule has 4 rings (SSSR count). The first-order valence-electron chi connectivity index (χ1n) is 8.75. The standard InChI is InChI=1S/C20H23N3O/c24-19(20(12-13-20)22-17-6-2-1-3-7-17)21-16-8-10-18(11-9-16)23-14-4-5-15-23/h1-3,6-11,22H,4-5,12-15H2,(H,21,24). The maximum atomic E-state index is 12.7. The molecule has 2 aromatic carbocycles. The normalized spacial score (nSPS) is 18.2. The molecule has 0 spiro atoms. The lowest BCUT2D eigenvalue weighted by Crippen LogP contribution is -2.36. The van der Waals surface area contributed by atoms with Gasteiger partial charge in [-0.1, -0.05) is 18.2 Å². The number of amides is 1. The molecule has 2 aromatic rings. The van der Waals surface area contributed by atoms with Crippen LogP contribution in [-0.4, -0.2) is 24.5 Å². The lowest BCUT2D eigenvalue weighted by atomic mass is 10.2. The van der Waals surface area contributed by atoms with E-state index in [1.807, 2.05) is 42.5 Å². The Labute approximate surface area is 142 Å². The molecule has 4 nitrogen and oxygen atoms in total. The number of carbonyl (C=O) groups excluding carboxylic acids is 1. The van der Waals surface area contributed by atoms with Crippen molar-refractivity contribution in [1.29, 1.82) is 0 Å². The molecule has 1 aliphatic heterocycles. The van der Waals surface area contributed by atoms with E-state index in [-0.39, 0.29) is 5.91 Å². The summed E-state index contributed by atoms with van der Waals surface area (Å²) in [5.74, 6) is 0.0558. The Hall–Kier alpha value is -2.49. The molecule has 2 N–H and O–H groups in total. The number of nitrogens with one attached hydrogen (secondary N) is 2. The average molecular weight is 321 g/mol. The van der Waals surface area contributed by atoms with Gasteiger partial charge in [0.25, 0.3) is 0 Å². The summed E-state index contributed by atoms with van der Waals surface area (Å²) in [5.41, 5.74) is 2.65. The summed E-state index contributed by atoms with van der Waals surface area (Å²) in [6.45, 7) is 2.27. The smallest absolute Gasteiger partial charge is 0.250 e. The van der Waals surface area contributed by atoms with Gasteiger partial charge in [0, 0.05) is 30.2 Å². The number of hydrogen-bond acceptors (Lipinski definition) is 3. The van der Waals surface area contributed by atoms with Crippen molar-refractivity contribution < 1.29 is 4.79 Å². The van der Waals surface area contributed by atoms with Gasteiger partial charge < -0.3 is 15.5 Å². The Kier molecular flexibility index (Phi) is 3.89. The average Bonchev–Trinajstić information content (AvgIpc) is 3.19. The van der Waals surface area contributed by atoms with Gasteiger partial charge >= 0.3 is 0 Å². The van der Waals surface area contributed by atoms with E-state index in [1.165, 1.54) is 18.5 Å². The van der Waals surface area contributed by atoms with E-state index in [0.717, 1.165) is 37.3 Å². The number of carbonyl (C=O) groups is 1. The van der Waals surface area contributed by atoms with Gasteiger partial charge in [0.15, 0.2) is 0 Å². The molecule has 0 atom stereocenters. The van der Waals surface area contributed by atoms with Crippen molar-refractivity contribution in [1.82, 2.24) is 0 Å². The van der Waals surface area contributed by atoms with Crippen molar-refractivity contribution in [2.24, 2.45) is 0 Å². The largest absolute Gasteiger partial charge is 0.372 e. The first kappa shape index (κ1) is 15.1. The molecule has 1 heterocycles. The van der Waals surface area contributed by atoms with Crippen molar-refractivity contribution >= 4 is 23.0 Å². The Morgan fingerprint density at radius 3 is 2.17 bits per heavy atom. The summed E-state index contributed by atoms with van der Waals surface area (Å²) in [6, 6.07) is 18.1. The van der Waals surface area contributed by atoms with Crippen LogP contribution < -0.4 is 15.5 Å². The van der Waals surface area contributed by atoms with Gasteiger partial charge in [-0.25, -0.2) is 0 Å². The minimum absolute atomic E-state index is 0.0558. The van der Waals surface area contributed by atoms with Crippen LogP contribution in [0.2, 0.25) is 0 Å². The lowest BCUT2D eigenvalue weighted by Gasteiger charge is -2.20. The molecular formula is C20H23N3O. The van der Waals surface area contributed by atoms with Crippen LogP contribution in [0.15, 0.2) is 54.6 Å². The summed E-state index contributed by atoms with van der Waals surface area (Å²) >= 11 is 0. The lowest BCUT2D eigenvalue weighted by molar-refractivity contribution is -0.117. The highest BCUT2D eigenvalue weighted by atomic mass is 16.2. The van der Waals surface area contributed by atoms with E-state index in [0.29, 0.717) is 0 Å². The molecule has 124 valence electrons. The second-order valence-electron chi connectivity index (χ2n) is 6.77. The molecular weight excluding hydrogens is 298 g/mol. The molecule has 1 amide bonds. The molecule has 0 unspecified atom stereocenters. The van der Waals surface area contributed by atoms with Crippen LogP contribution in [0.4, 0.5) is 17.1 Å². The highest BCUT2D eigenvalue weighted by Crippen LogP contribution is 2.40. The summed E-state index contributed by atoms with van der Waals surface area (Å²) < 4.78 is 0. The third-order valence-electron chi connectivity index (χ3n) is 4.94. The number of nitrogens with zero attached hydrogens (tertiary/aromatic N) is 1. The number of hydrogen-bond donors (Lipinski definition) is 2. The van der Waals surface area contributed by atoms with Crippen LogP contribution in [0.5, 0.6) is 0 Å². The van der Waals surface area contributed by atoms with E-state index in [9.17, 15) is 4.79 Å². The molecule has 1 aliphatic carbocycles. The van der Waals surface area contributed by atoms with Crippen LogP contribution in [0.25, 0.3) is 0 Å². The molecule has 2 fully saturated rings. The first-order valence-corrected chi connectivity index (χ1v) is 8.75. The van der Waals surface area contributed by atoms with Crippen LogP contribution in [0.3, 0.4) is 0 Å². The van der Waals surface area contributed by atoms with Gasteiger partial charge in [0.2, 0.25) is 5.91 Å². The minimum Gasteiger partial charge on any atom is -0.372 e. The predicted molar refractivity (Wildman–Crippen MR) is 98.5 cm³/mol. The fraction of sp³-hybridized carbons (Fsp3) is 0.350. The van der Waals surface area contributed by atoms with E-state index < -0.39 is 5.54 Å². The molecule has 1 saturated heterocycles. The Morgan fingerprint density at radius 1 is 0.875 bits per heavy atom. The van der Waals surface area contributed by atoms with Gasteiger partial charge in [-0.15, -0.1) is 0 Å². The fourth-order valence-corrected chi connectivity index (χ4v) is 3.31. The number of para-hydroxylation sites is 1. The van der Waals surface area contributed by atoms with Crippen LogP contribution >= 0.6 is 0 Å². The molecule has 0 aromatic heterocycles. The zero-order valence-corrected chi connectivity index (χ0v) is 13.8. The van der Waals surface area contributed by atoms with Gasteiger partial charge in [-0.2, -0.15) is 0 Å². The molecule has 0 bridgehead atoms. The Morgan fingerprint density at radius 2 is 1.54 bits per heavy atom. The molecule has 0 radical (unpaired) electrons. The molecule has 2 aliphatic rings. The predicted octanol–water partition coefficient (Wildman–Crippen LogP) is 3.87. The summed E-state index contributed by atoms with van der Waals surface area (Å²) in [7, 11) is 0. The topological polar surface area (TPSA) is 44.4 Å². The van der Waals surface area contributed by atoms with Crippen molar-refractivity contribution in [3.8, 4) is 0 Å². The second-order valence-corrected chi connectivity index (χ2v) is 6.77. The highest BCUT2D eigenvalue weighted by molar-refractivity contribution is 6.02. The summed E-state index contributed by atoms with van der Waals surface area (Å²) in [6.07, 6.45) is 4.29. The Bertz CT molecular complexity index is 701. The summed E-state index contributed by atoms with van der Waals surface area (Å²) in [4.78, 5) is 15.1. The van der Waals surface area contributed by atoms with Gasteiger partial charge in [-0.05, 0) is 62.1 Å². The van der Waals surface area contributed by atoms with Crippen molar-refractivity contribution in [3.05, 3.63) is 54.6 Å². The van der Waals surface area contributed by atoms with E-state index >= 15 is 0 Å². The first-order chi connectivity index (χ1) is 11.8. The molecule has 4 heteroatoms. The van der Waals surface area contributed by atoms with Crippen molar-refractivity contribution in [3.63, 3.8) is 0 Å². The second kappa shape index (κ2) is 6.19. The fourth-order valence-electron chi connectivity index (χ4n) is 3.31. The van der Waals surface area contributed by atoms with Crippen molar-refractivity contribution in [2.75, 3.05) is 28.6 Å². The maximum absolute atomic E-state index is 12.7. The minimum atomic E-state index is -0.449. The number of anilines is 3. The van der Waals surface area contributed by atoms with Gasteiger partial charge in [0.1, 0.15) is 5.54 Å². The van der Waals surface area contributed by atoms with Crippen LogP contribution in [0, 0.1) is 0 Å². The van der Waals surface area contributed by atoms with Gasteiger partial charge in [-0.3, -0.25) is 4.79 Å². The number of rotatable bonds is 5. The van der Waals surface area contributed by atoms with Crippen molar-refractivity contribution in [2.45, 2.75) is 31.2 Å². The Balaban J connectivity index is 1.40. The third-order valence-corrected chi connectivity index (χ3v) is 4.94. The SMILES string of the molecule is O=C(Nc1ccc(N2CCCC2)cc1)C1(Nc2ccccc2)CC1. The zero-order chi connectivity index (χ0) is 16.4. The summed E-state index contributed by atoms with van der Waals surface area (Å²) in [5, 5.41) is 6.45. The van der Waals surface area contributed by atoms with Crippen LogP contribution in [0.1, 0.15) is 25.7 Å². The van der Waals surface area contributed by atoms with E-state index in [2.05, 4.69) is 27.7 Å². The quantitative estimate of drug-likeness (QED) is 0.878. The third kappa shape index (κ3) is 3.09. The zero-order valence-electron chi connectivity index (χ0n) is 13.8. The monoisotopic (exact) mass is 321 g/mol. The maximum Gasteiger partial charge on any atom is 0.250 e. The van der Waals surface area contributed by atoms with Crippen LogP contribution in [-0.2, 0) is 4.79 Å². The molecule has 24 heavy (non-hydrogen) atoms. The van der Waals surface area contributed by atoms with Gasteiger partial charge in [0.05, 0.1) is 0 Å². The van der Waals surface area contributed by atoms with E-state index in [1.54, 1.807) is 0 Å². The highest BCUT2D eigenvalue weighted by Gasteiger charge is 2.50. The number of benzene rings is 2. The van der Waals surface area contributed by atoms with E-state index in [4.69, 9.17) is 0 Å². The molecule has 1 saturated carbocycles.